The summed E-state index contributed by atoms with van der Waals surface area (Å²) in [5, 5.41) is 14.2. The molecule has 0 aliphatic carbocycles. The number of aromatic amines is 1. The Labute approximate surface area is 179 Å². The van der Waals surface area contributed by atoms with E-state index in [1.54, 1.807) is 19.9 Å². The predicted molar refractivity (Wildman–Crippen MR) is 116 cm³/mol. The zero-order chi connectivity index (χ0) is 22.5. The van der Waals surface area contributed by atoms with Gasteiger partial charge in [0, 0.05) is 35.6 Å². The SMILES string of the molecule is Cc1[nH]c(C=C2C(=O)Nc3ccc(F)cc32)c(C)c1C(=O)NCCCCCCC(=O)O. The number of halogens is 1. The van der Waals surface area contributed by atoms with Crippen molar-refractivity contribution in [2.45, 2.75) is 46.0 Å². The van der Waals surface area contributed by atoms with Crippen LogP contribution in [0.5, 0.6) is 0 Å². The quantitative estimate of drug-likeness (QED) is 0.358. The van der Waals surface area contributed by atoms with Crippen LogP contribution in [0.4, 0.5) is 10.1 Å². The van der Waals surface area contributed by atoms with Gasteiger partial charge in [-0.1, -0.05) is 12.8 Å². The maximum Gasteiger partial charge on any atom is 0.303 e. The molecule has 0 saturated carbocycles. The topological polar surface area (TPSA) is 111 Å². The van der Waals surface area contributed by atoms with Gasteiger partial charge in [0.1, 0.15) is 5.82 Å². The molecule has 0 fully saturated rings. The van der Waals surface area contributed by atoms with Gasteiger partial charge >= 0.3 is 5.97 Å². The fourth-order valence-electron chi connectivity index (χ4n) is 3.75. The number of hydrogen-bond donors (Lipinski definition) is 4. The first-order valence-corrected chi connectivity index (χ1v) is 10.3. The molecular weight excluding hydrogens is 401 g/mol. The molecule has 4 N–H and O–H groups in total. The number of carboxylic acid groups (broad SMARTS) is 1. The summed E-state index contributed by atoms with van der Waals surface area (Å²) in [6, 6.07) is 4.13. The van der Waals surface area contributed by atoms with Crippen LogP contribution in [0.15, 0.2) is 18.2 Å². The van der Waals surface area contributed by atoms with E-state index < -0.39 is 11.8 Å². The molecule has 0 atom stereocenters. The molecule has 2 aromatic rings. The Morgan fingerprint density at radius 2 is 1.90 bits per heavy atom. The zero-order valence-corrected chi connectivity index (χ0v) is 17.6. The first-order valence-electron chi connectivity index (χ1n) is 10.3. The largest absolute Gasteiger partial charge is 0.481 e. The number of amides is 2. The maximum absolute atomic E-state index is 13.7. The van der Waals surface area contributed by atoms with Crippen molar-refractivity contribution in [3.8, 4) is 0 Å². The number of fused-ring (bicyclic) bond motifs is 1. The number of carbonyl (C=O) groups excluding carboxylic acids is 2. The summed E-state index contributed by atoms with van der Waals surface area (Å²) < 4.78 is 13.7. The van der Waals surface area contributed by atoms with Crippen LogP contribution in [-0.2, 0) is 9.59 Å². The van der Waals surface area contributed by atoms with E-state index in [1.165, 1.54) is 18.2 Å². The lowest BCUT2D eigenvalue weighted by atomic mass is 10.0. The van der Waals surface area contributed by atoms with E-state index in [0.717, 1.165) is 19.3 Å². The second-order valence-electron chi connectivity index (χ2n) is 7.68. The minimum atomic E-state index is -0.791. The second-order valence-corrected chi connectivity index (χ2v) is 7.68. The smallest absolute Gasteiger partial charge is 0.303 e. The van der Waals surface area contributed by atoms with E-state index >= 15 is 0 Å². The number of nitrogens with one attached hydrogen (secondary N) is 3. The molecule has 2 heterocycles. The van der Waals surface area contributed by atoms with Gasteiger partial charge in [-0.15, -0.1) is 0 Å². The molecule has 3 rings (SSSR count). The summed E-state index contributed by atoms with van der Waals surface area (Å²) in [4.78, 5) is 38.7. The highest BCUT2D eigenvalue weighted by atomic mass is 19.1. The van der Waals surface area contributed by atoms with E-state index in [9.17, 15) is 18.8 Å². The Hall–Kier alpha value is -3.42. The number of hydrogen-bond acceptors (Lipinski definition) is 3. The molecule has 164 valence electrons. The van der Waals surface area contributed by atoms with Gasteiger partial charge in [0.15, 0.2) is 0 Å². The summed E-state index contributed by atoms with van der Waals surface area (Å²) in [7, 11) is 0. The molecule has 1 aliphatic heterocycles. The first-order chi connectivity index (χ1) is 14.8. The van der Waals surface area contributed by atoms with Crippen LogP contribution in [0.25, 0.3) is 11.6 Å². The average molecular weight is 427 g/mol. The third-order valence-corrected chi connectivity index (χ3v) is 5.36. The van der Waals surface area contributed by atoms with Gasteiger partial charge in [-0.2, -0.15) is 0 Å². The molecule has 7 nitrogen and oxygen atoms in total. The van der Waals surface area contributed by atoms with E-state index in [2.05, 4.69) is 15.6 Å². The molecular formula is C23H26FN3O4. The normalized spacial score (nSPS) is 13.9. The third-order valence-electron chi connectivity index (χ3n) is 5.36. The minimum absolute atomic E-state index is 0.168. The molecule has 0 bridgehead atoms. The van der Waals surface area contributed by atoms with E-state index in [1.807, 2.05) is 0 Å². The Kier molecular flexibility index (Phi) is 6.89. The van der Waals surface area contributed by atoms with Crippen molar-refractivity contribution >= 4 is 35.1 Å². The number of unbranched alkanes of at least 4 members (excludes halogenated alkanes) is 3. The van der Waals surface area contributed by atoms with Crippen LogP contribution in [0.3, 0.4) is 0 Å². The summed E-state index contributed by atoms with van der Waals surface area (Å²) in [5.41, 5.74) is 3.93. The standard InChI is InChI=1S/C23H26FN3O4/c1-13-19(12-17-16-11-15(24)8-9-18(16)27-22(17)30)26-14(2)21(13)23(31)25-10-6-4-3-5-7-20(28)29/h8-9,11-12,26H,3-7,10H2,1-2H3,(H,25,31)(H,27,30)(H,28,29). The summed E-state index contributed by atoms with van der Waals surface area (Å²) >= 11 is 0. The highest BCUT2D eigenvalue weighted by molar-refractivity contribution is 6.34. The van der Waals surface area contributed by atoms with Gasteiger partial charge in [-0.05, 0) is 56.5 Å². The van der Waals surface area contributed by atoms with Crippen LogP contribution in [0.2, 0.25) is 0 Å². The number of anilines is 1. The Bertz CT molecular complexity index is 1060. The number of carboxylic acids is 1. The number of aryl methyl sites for hydroxylation is 1. The second kappa shape index (κ2) is 9.59. The van der Waals surface area contributed by atoms with Gasteiger partial charge < -0.3 is 20.7 Å². The van der Waals surface area contributed by atoms with Crippen molar-refractivity contribution < 1.29 is 23.9 Å². The molecule has 1 aliphatic rings. The molecule has 0 spiro atoms. The van der Waals surface area contributed by atoms with Gasteiger partial charge in [-0.3, -0.25) is 14.4 Å². The lowest BCUT2D eigenvalue weighted by molar-refractivity contribution is -0.137. The Balaban J connectivity index is 1.67. The highest BCUT2D eigenvalue weighted by Crippen LogP contribution is 2.34. The Morgan fingerprint density at radius 1 is 1.16 bits per heavy atom. The van der Waals surface area contributed by atoms with Crippen LogP contribution in [0.1, 0.15) is 65.0 Å². The van der Waals surface area contributed by atoms with Crippen LogP contribution in [0, 0.1) is 19.7 Å². The Morgan fingerprint density at radius 3 is 2.65 bits per heavy atom. The average Bonchev–Trinajstić information content (AvgIpc) is 3.16. The fourth-order valence-corrected chi connectivity index (χ4v) is 3.75. The molecule has 0 unspecified atom stereocenters. The van der Waals surface area contributed by atoms with Crippen LogP contribution in [-0.4, -0.2) is 34.4 Å². The van der Waals surface area contributed by atoms with Crippen molar-refractivity contribution in [1.82, 2.24) is 10.3 Å². The fraction of sp³-hybridized carbons (Fsp3) is 0.348. The molecule has 0 radical (unpaired) electrons. The monoisotopic (exact) mass is 427 g/mol. The summed E-state index contributed by atoms with van der Waals surface area (Å²) in [6.07, 6.45) is 4.88. The van der Waals surface area contributed by atoms with Crippen LogP contribution >= 0.6 is 0 Å². The number of carbonyl (C=O) groups is 3. The third kappa shape index (κ3) is 5.20. The summed E-state index contributed by atoms with van der Waals surface area (Å²) in [6.45, 7) is 4.09. The van der Waals surface area contributed by atoms with E-state index in [0.29, 0.717) is 52.3 Å². The first kappa shape index (κ1) is 22.3. The number of aromatic nitrogens is 1. The molecule has 31 heavy (non-hydrogen) atoms. The molecule has 1 aromatic carbocycles. The van der Waals surface area contributed by atoms with Crippen LogP contribution < -0.4 is 10.6 Å². The molecule has 1 aromatic heterocycles. The lowest BCUT2D eigenvalue weighted by Crippen LogP contribution is -2.25. The molecule has 0 saturated heterocycles. The van der Waals surface area contributed by atoms with Crippen molar-refractivity contribution in [2.75, 3.05) is 11.9 Å². The highest BCUT2D eigenvalue weighted by Gasteiger charge is 2.26. The number of benzene rings is 1. The van der Waals surface area contributed by atoms with Crippen molar-refractivity contribution in [3.63, 3.8) is 0 Å². The molecule has 2 amide bonds. The summed E-state index contributed by atoms with van der Waals surface area (Å²) in [5.74, 6) is -1.74. The van der Waals surface area contributed by atoms with Gasteiger partial charge in [0.2, 0.25) is 0 Å². The van der Waals surface area contributed by atoms with E-state index in [-0.39, 0.29) is 18.2 Å². The minimum Gasteiger partial charge on any atom is -0.481 e. The lowest BCUT2D eigenvalue weighted by Gasteiger charge is -2.06. The van der Waals surface area contributed by atoms with Gasteiger partial charge in [-0.25, -0.2) is 4.39 Å². The van der Waals surface area contributed by atoms with Gasteiger partial charge in [0.05, 0.1) is 11.1 Å². The predicted octanol–water partition coefficient (Wildman–Crippen LogP) is 4.03. The van der Waals surface area contributed by atoms with Crippen molar-refractivity contribution in [1.29, 1.82) is 0 Å². The van der Waals surface area contributed by atoms with Crippen molar-refractivity contribution in [2.24, 2.45) is 0 Å². The maximum atomic E-state index is 13.7. The zero-order valence-electron chi connectivity index (χ0n) is 17.6. The van der Waals surface area contributed by atoms with Gasteiger partial charge in [0.25, 0.3) is 11.8 Å². The van der Waals surface area contributed by atoms with Crippen molar-refractivity contribution in [3.05, 3.63) is 52.1 Å². The number of rotatable bonds is 9. The number of aliphatic carboxylic acids is 1. The molecule has 8 heteroatoms. The van der Waals surface area contributed by atoms with E-state index in [4.69, 9.17) is 5.11 Å². The number of H-pyrrole nitrogens is 1.